The van der Waals surface area contributed by atoms with E-state index in [1.165, 1.54) is 0 Å². The van der Waals surface area contributed by atoms with Gasteiger partial charge in [0.1, 0.15) is 5.75 Å². The Morgan fingerprint density at radius 2 is 2.39 bits per heavy atom. The second-order valence-corrected chi connectivity index (χ2v) is 4.10. The van der Waals surface area contributed by atoms with E-state index in [-0.39, 0.29) is 0 Å². The average molecular weight is 264 g/mol. The molecule has 0 aliphatic carbocycles. The van der Waals surface area contributed by atoms with Crippen molar-refractivity contribution in [3.63, 3.8) is 0 Å². The summed E-state index contributed by atoms with van der Waals surface area (Å²) in [5.74, 6) is 1.43. The lowest BCUT2D eigenvalue weighted by Gasteiger charge is -2.12. The molecule has 1 aromatic carbocycles. The van der Waals surface area contributed by atoms with Crippen molar-refractivity contribution < 1.29 is 4.74 Å². The zero-order chi connectivity index (χ0) is 13.0. The van der Waals surface area contributed by atoms with E-state index in [1.807, 2.05) is 22.9 Å². The Balaban J connectivity index is 2.30. The van der Waals surface area contributed by atoms with Crippen molar-refractivity contribution in [3.8, 4) is 5.75 Å². The highest BCUT2D eigenvalue weighted by atomic mass is 35.5. The lowest BCUT2D eigenvalue weighted by molar-refractivity contribution is 0.416. The van der Waals surface area contributed by atoms with Crippen LogP contribution in [0.1, 0.15) is 0 Å². The number of hydrogen-bond donors (Lipinski definition) is 1. The van der Waals surface area contributed by atoms with Crippen LogP contribution in [-0.4, -0.2) is 16.7 Å². The van der Waals surface area contributed by atoms with Crippen LogP contribution in [0.15, 0.2) is 43.2 Å². The molecule has 1 heterocycles. The SMILES string of the molecule is C=CCn1ccnc1Nc1cc(Cl)ccc1OC. The number of imidazole rings is 1. The van der Waals surface area contributed by atoms with Crippen LogP contribution >= 0.6 is 11.6 Å². The standard InChI is InChI=1S/C13H14ClN3O/c1-3-7-17-8-6-15-13(17)16-11-9-10(14)4-5-12(11)18-2/h3-6,8-9H,1,7H2,2H3,(H,15,16). The maximum absolute atomic E-state index is 5.98. The zero-order valence-corrected chi connectivity index (χ0v) is 10.8. The number of hydrogen-bond acceptors (Lipinski definition) is 3. The third-order valence-corrected chi connectivity index (χ3v) is 2.68. The van der Waals surface area contributed by atoms with Gasteiger partial charge in [0.2, 0.25) is 5.95 Å². The van der Waals surface area contributed by atoms with Crippen LogP contribution < -0.4 is 10.1 Å². The molecule has 94 valence electrons. The number of nitrogens with zero attached hydrogens (tertiary/aromatic N) is 2. The van der Waals surface area contributed by atoms with Crippen LogP contribution in [0.4, 0.5) is 11.6 Å². The van der Waals surface area contributed by atoms with E-state index in [0.717, 1.165) is 11.6 Å². The molecule has 0 amide bonds. The summed E-state index contributed by atoms with van der Waals surface area (Å²) in [5, 5.41) is 3.83. The maximum atomic E-state index is 5.98. The van der Waals surface area contributed by atoms with Crippen LogP contribution in [0.3, 0.4) is 0 Å². The van der Waals surface area contributed by atoms with E-state index in [1.54, 1.807) is 25.4 Å². The molecule has 0 atom stereocenters. The first kappa shape index (κ1) is 12.5. The molecule has 5 heteroatoms. The Bertz CT molecular complexity index is 551. The van der Waals surface area contributed by atoms with Gasteiger partial charge in [-0.05, 0) is 18.2 Å². The maximum Gasteiger partial charge on any atom is 0.207 e. The van der Waals surface area contributed by atoms with E-state index >= 15 is 0 Å². The Morgan fingerprint density at radius 1 is 1.56 bits per heavy atom. The molecular formula is C13H14ClN3O. The number of nitrogens with one attached hydrogen (secondary N) is 1. The van der Waals surface area contributed by atoms with Gasteiger partial charge in [0.05, 0.1) is 12.8 Å². The van der Waals surface area contributed by atoms with Gasteiger partial charge in [0, 0.05) is 24.0 Å². The van der Waals surface area contributed by atoms with Gasteiger partial charge in [-0.2, -0.15) is 0 Å². The summed E-state index contributed by atoms with van der Waals surface area (Å²) in [5.41, 5.74) is 0.779. The molecule has 0 spiro atoms. The summed E-state index contributed by atoms with van der Waals surface area (Å²) in [6.45, 7) is 4.40. The molecule has 0 saturated carbocycles. The minimum Gasteiger partial charge on any atom is -0.495 e. The van der Waals surface area contributed by atoms with Gasteiger partial charge < -0.3 is 14.6 Å². The van der Waals surface area contributed by atoms with Gasteiger partial charge in [0.15, 0.2) is 0 Å². The van der Waals surface area contributed by atoms with Crippen molar-refractivity contribution >= 4 is 23.2 Å². The van der Waals surface area contributed by atoms with Crippen molar-refractivity contribution in [2.75, 3.05) is 12.4 Å². The Hall–Kier alpha value is -1.94. The highest BCUT2D eigenvalue weighted by Crippen LogP contribution is 2.29. The molecule has 18 heavy (non-hydrogen) atoms. The molecule has 0 fully saturated rings. The van der Waals surface area contributed by atoms with Crippen molar-refractivity contribution in [1.29, 1.82) is 0 Å². The van der Waals surface area contributed by atoms with Crippen molar-refractivity contribution in [2.24, 2.45) is 0 Å². The monoisotopic (exact) mass is 263 g/mol. The zero-order valence-electron chi connectivity index (χ0n) is 10.1. The first-order valence-corrected chi connectivity index (χ1v) is 5.85. The minimum absolute atomic E-state index is 0.639. The molecule has 0 aliphatic heterocycles. The first-order chi connectivity index (χ1) is 8.74. The van der Waals surface area contributed by atoms with E-state index in [9.17, 15) is 0 Å². The highest BCUT2D eigenvalue weighted by molar-refractivity contribution is 6.30. The van der Waals surface area contributed by atoms with Gasteiger partial charge >= 0.3 is 0 Å². The molecule has 0 radical (unpaired) electrons. The predicted molar refractivity (Wildman–Crippen MR) is 73.7 cm³/mol. The average Bonchev–Trinajstić information content (AvgIpc) is 2.78. The van der Waals surface area contributed by atoms with Crippen molar-refractivity contribution in [1.82, 2.24) is 9.55 Å². The second kappa shape index (κ2) is 5.60. The van der Waals surface area contributed by atoms with Crippen LogP contribution in [0.2, 0.25) is 5.02 Å². The fraction of sp³-hybridized carbons (Fsp3) is 0.154. The smallest absolute Gasteiger partial charge is 0.207 e. The number of rotatable bonds is 5. The van der Waals surface area contributed by atoms with Gasteiger partial charge in [-0.3, -0.25) is 0 Å². The predicted octanol–water partition coefficient (Wildman–Crippen LogP) is 3.47. The van der Waals surface area contributed by atoms with E-state index in [2.05, 4.69) is 16.9 Å². The molecule has 2 aromatic rings. The number of halogens is 1. The number of benzene rings is 1. The Morgan fingerprint density at radius 3 is 3.11 bits per heavy atom. The summed E-state index contributed by atoms with van der Waals surface area (Å²) >= 11 is 5.98. The van der Waals surface area contributed by atoms with Crippen LogP contribution in [0.5, 0.6) is 5.75 Å². The molecule has 0 unspecified atom stereocenters. The minimum atomic E-state index is 0.639. The van der Waals surface area contributed by atoms with Gasteiger partial charge in [-0.25, -0.2) is 4.98 Å². The van der Waals surface area contributed by atoms with Gasteiger partial charge in [-0.15, -0.1) is 6.58 Å². The van der Waals surface area contributed by atoms with Crippen LogP contribution in [0, 0.1) is 0 Å². The van der Waals surface area contributed by atoms with E-state index in [0.29, 0.717) is 17.3 Å². The number of methoxy groups -OCH3 is 1. The summed E-state index contributed by atoms with van der Waals surface area (Å²) in [4.78, 5) is 4.24. The van der Waals surface area contributed by atoms with Crippen LogP contribution in [0.25, 0.3) is 0 Å². The fourth-order valence-electron chi connectivity index (χ4n) is 1.62. The topological polar surface area (TPSA) is 39.1 Å². The summed E-state index contributed by atoms with van der Waals surface area (Å²) < 4.78 is 7.21. The number of aromatic nitrogens is 2. The molecular weight excluding hydrogens is 250 g/mol. The third-order valence-electron chi connectivity index (χ3n) is 2.45. The van der Waals surface area contributed by atoms with Gasteiger partial charge in [0.25, 0.3) is 0 Å². The first-order valence-electron chi connectivity index (χ1n) is 5.47. The fourth-order valence-corrected chi connectivity index (χ4v) is 1.79. The molecule has 4 nitrogen and oxygen atoms in total. The normalized spacial score (nSPS) is 10.1. The molecule has 0 saturated heterocycles. The van der Waals surface area contributed by atoms with Crippen LogP contribution in [-0.2, 0) is 6.54 Å². The van der Waals surface area contributed by atoms with E-state index in [4.69, 9.17) is 16.3 Å². The van der Waals surface area contributed by atoms with Gasteiger partial charge in [-0.1, -0.05) is 17.7 Å². The highest BCUT2D eigenvalue weighted by Gasteiger charge is 2.07. The summed E-state index contributed by atoms with van der Waals surface area (Å²) in [7, 11) is 1.62. The number of ether oxygens (including phenoxy) is 1. The second-order valence-electron chi connectivity index (χ2n) is 3.66. The van der Waals surface area contributed by atoms with E-state index < -0.39 is 0 Å². The Labute approximate surface area is 111 Å². The quantitative estimate of drug-likeness (QED) is 0.840. The number of allylic oxidation sites excluding steroid dienone is 1. The molecule has 0 aliphatic rings. The summed E-state index contributed by atoms with van der Waals surface area (Å²) in [6.07, 6.45) is 5.41. The van der Waals surface area contributed by atoms with Crippen molar-refractivity contribution in [2.45, 2.75) is 6.54 Å². The molecule has 0 bridgehead atoms. The lowest BCUT2D eigenvalue weighted by atomic mass is 10.3. The third kappa shape index (κ3) is 2.65. The largest absolute Gasteiger partial charge is 0.495 e. The molecule has 1 N–H and O–H groups in total. The summed E-state index contributed by atoms with van der Waals surface area (Å²) in [6, 6.07) is 5.39. The van der Waals surface area contributed by atoms with Crippen molar-refractivity contribution in [3.05, 3.63) is 48.3 Å². The molecule has 2 rings (SSSR count). The Kier molecular flexibility index (Phi) is 3.89. The lowest BCUT2D eigenvalue weighted by Crippen LogP contribution is -2.03. The number of anilines is 2. The molecule has 1 aromatic heterocycles.